The highest BCUT2D eigenvalue weighted by Gasteiger charge is 2.38. The SMILES string of the molecule is Cn1cc(-c2ccc(C3CC3NCC3CCN(Cc4ccc(C(=O)O)cc4)CC3)cc2)cn1. The lowest BCUT2D eigenvalue weighted by Crippen LogP contribution is -2.37. The van der Waals surface area contributed by atoms with Gasteiger partial charge in [-0.05, 0) is 73.6 Å². The Bertz CT molecular complexity index is 1080. The topological polar surface area (TPSA) is 70.4 Å². The smallest absolute Gasteiger partial charge is 0.335 e. The van der Waals surface area contributed by atoms with Crippen molar-refractivity contribution in [3.05, 3.63) is 77.6 Å². The molecule has 2 unspecified atom stereocenters. The van der Waals surface area contributed by atoms with Gasteiger partial charge in [0.2, 0.25) is 0 Å². The summed E-state index contributed by atoms with van der Waals surface area (Å²) < 4.78 is 1.84. The maximum atomic E-state index is 11.0. The highest BCUT2D eigenvalue weighted by atomic mass is 16.4. The van der Waals surface area contributed by atoms with Gasteiger partial charge in [0.25, 0.3) is 0 Å². The van der Waals surface area contributed by atoms with Crippen molar-refractivity contribution in [2.45, 2.75) is 37.8 Å². The van der Waals surface area contributed by atoms with E-state index in [2.05, 4.69) is 45.8 Å². The van der Waals surface area contributed by atoms with E-state index in [9.17, 15) is 4.79 Å². The van der Waals surface area contributed by atoms with Crippen molar-refractivity contribution in [2.75, 3.05) is 19.6 Å². The second-order valence-corrected chi connectivity index (χ2v) is 9.60. The third kappa shape index (κ3) is 5.34. The molecule has 2 fully saturated rings. The minimum atomic E-state index is -0.866. The predicted molar refractivity (Wildman–Crippen MR) is 129 cm³/mol. The summed E-state index contributed by atoms with van der Waals surface area (Å²) in [5.41, 5.74) is 5.36. The van der Waals surface area contributed by atoms with Gasteiger partial charge in [0.05, 0.1) is 11.8 Å². The number of carboxylic acids is 1. The quantitative estimate of drug-likeness (QED) is 0.546. The molecule has 2 aromatic carbocycles. The Morgan fingerprint density at radius 3 is 2.42 bits per heavy atom. The Kier molecular flexibility index (Phi) is 6.29. The Labute approximate surface area is 195 Å². The second kappa shape index (κ2) is 9.49. The normalized spacial score (nSPS) is 21.2. The first-order chi connectivity index (χ1) is 16.0. The maximum Gasteiger partial charge on any atom is 0.335 e. The molecule has 6 heteroatoms. The molecule has 5 rings (SSSR count). The van der Waals surface area contributed by atoms with Crippen LogP contribution >= 0.6 is 0 Å². The predicted octanol–water partition coefficient (Wildman–Crippen LogP) is 4.14. The summed E-state index contributed by atoms with van der Waals surface area (Å²) in [6.45, 7) is 4.23. The molecule has 2 heterocycles. The number of carbonyl (C=O) groups is 1. The van der Waals surface area contributed by atoms with Gasteiger partial charge in [0.15, 0.2) is 0 Å². The Hall–Kier alpha value is -2.96. The first-order valence-electron chi connectivity index (χ1n) is 11.9. The van der Waals surface area contributed by atoms with Crippen LogP contribution in [0.4, 0.5) is 0 Å². The highest BCUT2D eigenvalue weighted by molar-refractivity contribution is 5.87. The number of likely N-dealkylation sites (tertiary alicyclic amines) is 1. The van der Waals surface area contributed by atoms with Crippen molar-refractivity contribution in [3.63, 3.8) is 0 Å². The lowest BCUT2D eigenvalue weighted by Gasteiger charge is -2.32. The number of rotatable bonds is 8. The van der Waals surface area contributed by atoms with Crippen molar-refractivity contribution < 1.29 is 9.90 Å². The molecular weight excluding hydrogens is 412 g/mol. The van der Waals surface area contributed by atoms with Crippen molar-refractivity contribution >= 4 is 5.97 Å². The zero-order valence-electron chi connectivity index (χ0n) is 19.2. The van der Waals surface area contributed by atoms with Crippen LogP contribution in [0.15, 0.2) is 60.9 Å². The van der Waals surface area contributed by atoms with Crippen LogP contribution in [0, 0.1) is 5.92 Å². The van der Waals surface area contributed by atoms with Gasteiger partial charge in [-0.25, -0.2) is 4.79 Å². The summed E-state index contributed by atoms with van der Waals surface area (Å²) in [6.07, 6.45) is 7.64. The van der Waals surface area contributed by atoms with Crippen molar-refractivity contribution in [1.82, 2.24) is 20.0 Å². The second-order valence-electron chi connectivity index (χ2n) is 9.60. The van der Waals surface area contributed by atoms with Crippen LogP contribution < -0.4 is 5.32 Å². The zero-order chi connectivity index (χ0) is 22.8. The van der Waals surface area contributed by atoms with Gasteiger partial charge in [0.1, 0.15) is 0 Å². The summed E-state index contributed by atoms with van der Waals surface area (Å²) in [6, 6.07) is 16.9. The van der Waals surface area contributed by atoms with E-state index in [1.807, 2.05) is 30.1 Å². The van der Waals surface area contributed by atoms with E-state index in [-0.39, 0.29) is 0 Å². The number of aromatic nitrogens is 2. The summed E-state index contributed by atoms with van der Waals surface area (Å²) >= 11 is 0. The van der Waals surface area contributed by atoms with Crippen LogP contribution in [-0.2, 0) is 13.6 Å². The Morgan fingerprint density at radius 1 is 1.06 bits per heavy atom. The van der Waals surface area contributed by atoms with E-state index >= 15 is 0 Å². The maximum absolute atomic E-state index is 11.0. The molecule has 0 bridgehead atoms. The van der Waals surface area contributed by atoms with Crippen LogP contribution in [0.3, 0.4) is 0 Å². The van der Waals surface area contributed by atoms with E-state index in [4.69, 9.17) is 5.11 Å². The van der Waals surface area contributed by atoms with Crippen LogP contribution in [0.25, 0.3) is 11.1 Å². The summed E-state index contributed by atoms with van der Waals surface area (Å²) in [4.78, 5) is 13.5. The zero-order valence-corrected chi connectivity index (χ0v) is 19.2. The monoisotopic (exact) mass is 444 g/mol. The summed E-state index contributed by atoms with van der Waals surface area (Å²) in [5.74, 6) is 0.515. The molecule has 6 nitrogen and oxygen atoms in total. The summed E-state index contributed by atoms with van der Waals surface area (Å²) in [7, 11) is 1.95. The fourth-order valence-electron chi connectivity index (χ4n) is 4.96. The fourth-order valence-corrected chi connectivity index (χ4v) is 4.96. The van der Waals surface area contributed by atoms with Gasteiger partial charge in [-0.15, -0.1) is 0 Å². The number of nitrogens with zero attached hydrogens (tertiary/aromatic N) is 3. The van der Waals surface area contributed by atoms with E-state index in [0.29, 0.717) is 17.5 Å². The number of carboxylic acid groups (broad SMARTS) is 1. The van der Waals surface area contributed by atoms with Crippen molar-refractivity contribution in [3.8, 4) is 11.1 Å². The van der Waals surface area contributed by atoms with E-state index < -0.39 is 5.97 Å². The first-order valence-corrected chi connectivity index (χ1v) is 11.9. The molecule has 3 aromatic rings. The van der Waals surface area contributed by atoms with Gasteiger partial charge < -0.3 is 10.4 Å². The standard InChI is InChI=1S/C27H32N4O2/c1-30-18-24(16-29-30)21-6-8-22(9-7-21)25-14-26(25)28-15-19-10-12-31(13-11-19)17-20-2-4-23(5-3-20)27(32)33/h2-9,16,18-19,25-26,28H,10-15,17H2,1H3,(H,32,33). The van der Waals surface area contributed by atoms with Crippen molar-refractivity contribution in [1.29, 1.82) is 0 Å². The molecule has 0 amide bonds. The van der Waals surface area contributed by atoms with E-state index in [1.54, 1.807) is 12.1 Å². The first kappa shape index (κ1) is 21.9. The van der Waals surface area contributed by atoms with Gasteiger partial charge in [-0.3, -0.25) is 9.58 Å². The van der Waals surface area contributed by atoms with E-state index in [0.717, 1.165) is 37.7 Å². The molecule has 1 aliphatic heterocycles. The van der Waals surface area contributed by atoms with Crippen LogP contribution in [0.1, 0.15) is 46.7 Å². The largest absolute Gasteiger partial charge is 0.478 e. The fraction of sp³-hybridized carbons (Fsp3) is 0.407. The average Bonchev–Trinajstić information content (AvgIpc) is 3.49. The molecular formula is C27H32N4O2. The van der Waals surface area contributed by atoms with Gasteiger partial charge in [-0.1, -0.05) is 36.4 Å². The third-order valence-corrected chi connectivity index (χ3v) is 7.15. The Balaban J connectivity index is 1.03. The van der Waals surface area contributed by atoms with Gasteiger partial charge in [-0.2, -0.15) is 5.10 Å². The molecule has 1 saturated heterocycles. The number of hydrogen-bond acceptors (Lipinski definition) is 4. The van der Waals surface area contributed by atoms with E-state index in [1.165, 1.54) is 36.0 Å². The van der Waals surface area contributed by atoms with Crippen LogP contribution in [0.2, 0.25) is 0 Å². The Morgan fingerprint density at radius 2 is 1.79 bits per heavy atom. The average molecular weight is 445 g/mol. The molecule has 2 atom stereocenters. The molecule has 33 heavy (non-hydrogen) atoms. The number of piperidine rings is 1. The molecule has 172 valence electrons. The minimum absolute atomic E-state index is 0.353. The lowest BCUT2D eigenvalue weighted by atomic mass is 9.96. The van der Waals surface area contributed by atoms with Crippen LogP contribution in [-0.4, -0.2) is 51.4 Å². The number of nitrogens with one attached hydrogen (secondary N) is 1. The third-order valence-electron chi connectivity index (χ3n) is 7.15. The molecule has 0 radical (unpaired) electrons. The molecule has 1 saturated carbocycles. The number of benzene rings is 2. The molecule has 1 aliphatic carbocycles. The molecule has 1 aromatic heterocycles. The van der Waals surface area contributed by atoms with Crippen molar-refractivity contribution in [2.24, 2.45) is 13.0 Å². The molecule has 0 spiro atoms. The number of aromatic carboxylic acids is 1. The van der Waals surface area contributed by atoms with Gasteiger partial charge in [0, 0.05) is 37.3 Å². The molecule has 2 N–H and O–H groups in total. The highest BCUT2D eigenvalue weighted by Crippen LogP contribution is 2.41. The van der Waals surface area contributed by atoms with Crippen LogP contribution in [0.5, 0.6) is 0 Å². The van der Waals surface area contributed by atoms with Gasteiger partial charge >= 0.3 is 5.97 Å². The summed E-state index contributed by atoms with van der Waals surface area (Å²) in [5, 5.41) is 17.1. The number of hydrogen-bond donors (Lipinski definition) is 2. The number of aryl methyl sites for hydroxylation is 1. The lowest BCUT2D eigenvalue weighted by molar-refractivity contribution is 0.0697. The minimum Gasteiger partial charge on any atom is -0.478 e. The molecule has 2 aliphatic rings.